The Bertz CT molecular complexity index is 205. The van der Waals surface area contributed by atoms with E-state index in [-0.39, 0.29) is 5.91 Å². The number of hydrogen-bond acceptors (Lipinski definition) is 2. The standard InChI is InChI=1S/C9H16N2O/c1-5-8(2)7-11(4)9(12)6-10-3/h10H,1,6-7H2,2-4H3. The zero-order valence-corrected chi connectivity index (χ0v) is 7.98. The van der Waals surface area contributed by atoms with E-state index < -0.39 is 0 Å². The fourth-order valence-corrected chi connectivity index (χ4v) is 0.786. The van der Waals surface area contributed by atoms with E-state index >= 15 is 0 Å². The zero-order valence-electron chi connectivity index (χ0n) is 7.98. The molecular weight excluding hydrogens is 152 g/mol. The number of amides is 1. The van der Waals surface area contributed by atoms with Gasteiger partial charge in [-0.05, 0) is 19.5 Å². The summed E-state index contributed by atoms with van der Waals surface area (Å²) in [5.41, 5.74) is 3.72. The van der Waals surface area contributed by atoms with Crippen molar-refractivity contribution >= 4 is 5.91 Å². The highest BCUT2D eigenvalue weighted by molar-refractivity contribution is 5.78. The second-order valence-electron chi connectivity index (χ2n) is 2.74. The first-order valence-electron chi connectivity index (χ1n) is 3.86. The summed E-state index contributed by atoms with van der Waals surface area (Å²) in [5.74, 6) is 0.0760. The van der Waals surface area contributed by atoms with Crippen LogP contribution in [-0.4, -0.2) is 38.0 Å². The van der Waals surface area contributed by atoms with Gasteiger partial charge in [0.25, 0.3) is 0 Å². The van der Waals surface area contributed by atoms with Gasteiger partial charge in [-0.25, -0.2) is 0 Å². The molecule has 0 saturated carbocycles. The third-order valence-electron chi connectivity index (χ3n) is 1.53. The van der Waals surface area contributed by atoms with Crippen LogP contribution in [0.2, 0.25) is 0 Å². The van der Waals surface area contributed by atoms with Crippen molar-refractivity contribution in [2.45, 2.75) is 6.92 Å². The van der Waals surface area contributed by atoms with E-state index in [9.17, 15) is 4.79 Å². The van der Waals surface area contributed by atoms with Crippen molar-refractivity contribution in [3.8, 4) is 0 Å². The zero-order chi connectivity index (χ0) is 9.56. The van der Waals surface area contributed by atoms with E-state index in [1.165, 1.54) is 0 Å². The van der Waals surface area contributed by atoms with Gasteiger partial charge in [0, 0.05) is 13.6 Å². The number of carbonyl (C=O) groups is 1. The Morgan fingerprint density at radius 2 is 2.25 bits per heavy atom. The van der Waals surface area contributed by atoms with Crippen molar-refractivity contribution in [3.05, 3.63) is 17.9 Å². The predicted octanol–water partition coefficient (Wildman–Crippen LogP) is 0.395. The van der Waals surface area contributed by atoms with E-state index in [0.717, 1.165) is 5.57 Å². The van der Waals surface area contributed by atoms with Crippen LogP contribution in [0.15, 0.2) is 17.9 Å². The number of carbonyl (C=O) groups excluding carboxylic acids is 1. The second kappa shape index (κ2) is 5.58. The average molecular weight is 168 g/mol. The molecule has 3 heteroatoms. The van der Waals surface area contributed by atoms with Crippen LogP contribution < -0.4 is 5.32 Å². The molecule has 0 saturated heterocycles. The van der Waals surface area contributed by atoms with Crippen LogP contribution in [0.3, 0.4) is 0 Å². The summed E-state index contributed by atoms with van der Waals surface area (Å²) in [5, 5.41) is 2.80. The minimum absolute atomic E-state index is 0.0760. The van der Waals surface area contributed by atoms with Gasteiger partial charge in [0.1, 0.15) is 0 Å². The number of hydrogen-bond donors (Lipinski definition) is 1. The topological polar surface area (TPSA) is 32.3 Å². The lowest BCUT2D eigenvalue weighted by Gasteiger charge is -2.16. The summed E-state index contributed by atoms with van der Waals surface area (Å²) in [7, 11) is 3.52. The Balaban J connectivity index is 3.95. The van der Waals surface area contributed by atoms with Gasteiger partial charge in [-0.3, -0.25) is 4.79 Å². The van der Waals surface area contributed by atoms with Gasteiger partial charge in [-0.15, -0.1) is 5.73 Å². The fourth-order valence-electron chi connectivity index (χ4n) is 0.786. The van der Waals surface area contributed by atoms with Crippen LogP contribution in [0, 0.1) is 0 Å². The second-order valence-corrected chi connectivity index (χ2v) is 2.74. The summed E-state index contributed by atoms with van der Waals surface area (Å²) >= 11 is 0. The summed E-state index contributed by atoms with van der Waals surface area (Å²) < 4.78 is 0. The highest BCUT2D eigenvalue weighted by Gasteiger charge is 2.06. The van der Waals surface area contributed by atoms with Gasteiger partial charge in [0.15, 0.2) is 0 Å². The molecule has 0 heterocycles. The molecule has 0 aliphatic carbocycles. The molecule has 0 aliphatic rings. The molecule has 0 atom stereocenters. The number of likely N-dealkylation sites (N-methyl/N-ethyl adjacent to an activating group) is 2. The molecule has 0 radical (unpaired) electrons. The van der Waals surface area contributed by atoms with Crippen molar-refractivity contribution in [1.29, 1.82) is 0 Å². The molecule has 0 aromatic rings. The van der Waals surface area contributed by atoms with Crippen LogP contribution in [-0.2, 0) is 4.79 Å². The van der Waals surface area contributed by atoms with Gasteiger partial charge in [-0.1, -0.05) is 6.58 Å². The lowest BCUT2D eigenvalue weighted by atomic mass is 10.3. The number of rotatable bonds is 4. The molecule has 0 aromatic carbocycles. The Labute approximate surface area is 73.8 Å². The predicted molar refractivity (Wildman–Crippen MR) is 49.9 cm³/mol. The molecule has 3 nitrogen and oxygen atoms in total. The monoisotopic (exact) mass is 168 g/mol. The van der Waals surface area contributed by atoms with E-state index in [4.69, 9.17) is 0 Å². The molecule has 0 fully saturated rings. The summed E-state index contributed by atoms with van der Waals surface area (Å²) in [6.45, 7) is 6.38. The Hall–Kier alpha value is -1.05. The Kier molecular flexibility index (Phi) is 5.09. The molecule has 1 N–H and O–H groups in total. The maximum atomic E-state index is 11.2. The highest BCUT2D eigenvalue weighted by Crippen LogP contribution is 1.93. The third-order valence-corrected chi connectivity index (χ3v) is 1.53. The van der Waals surface area contributed by atoms with Crippen molar-refractivity contribution in [2.75, 3.05) is 27.2 Å². The highest BCUT2D eigenvalue weighted by atomic mass is 16.2. The summed E-state index contributed by atoms with van der Waals surface area (Å²) in [6, 6.07) is 0. The van der Waals surface area contributed by atoms with Gasteiger partial charge < -0.3 is 10.2 Å². The smallest absolute Gasteiger partial charge is 0.236 e. The molecule has 12 heavy (non-hydrogen) atoms. The normalized spacial score (nSPS) is 8.92. The van der Waals surface area contributed by atoms with E-state index in [0.29, 0.717) is 13.1 Å². The fraction of sp³-hybridized carbons (Fsp3) is 0.556. The Morgan fingerprint density at radius 3 is 2.67 bits per heavy atom. The first kappa shape index (κ1) is 11.0. The van der Waals surface area contributed by atoms with Gasteiger partial charge in [0.2, 0.25) is 5.91 Å². The number of nitrogens with one attached hydrogen (secondary N) is 1. The minimum atomic E-state index is 0.0760. The molecule has 68 valence electrons. The average Bonchev–Trinajstić information content (AvgIpc) is 2.04. The van der Waals surface area contributed by atoms with E-state index in [1.54, 1.807) is 19.0 Å². The van der Waals surface area contributed by atoms with Gasteiger partial charge >= 0.3 is 0 Å². The van der Waals surface area contributed by atoms with Crippen LogP contribution in [0.25, 0.3) is 0 Å². The first-order chi connectivity index (χ1) is 5.61. The van der Waals surface area contributed by atoms with Crippen LogP contribution in [0.1, 0.15) is 6.92 Å². The van der Waals surface area contributed by atoms with Gasteiger partial charge in [-0.2, -0.15) is 0 Å². The third kappa shape index (κ3) is 3.96. The maximum absolute atomic E-state index is 11.2. The molecule has 0 aromatic heterocycles. The first-order valence-corrected chi connectivity index (χ1v) is 3.86. The quantitative estimate of drug-likeness (QED) is 0.616. The van der Waals surface area contributed by atoms with Crippen LogP contribution in [0.5, 0.6) is 0 Å². The van der Waals surface area contributed by atoms with Crippen LogP contribution >= 0.6 is 0 Å². The SMILES string of the molecule is C=C=C(C)CN(C)C(=O)CNC. The molecule has 0 bridgehead atoms. The Morgan fingerprint density at radius 1 is 1.67 bits per heavy atom. The summed E-state index contributed by atoms with van der Waals surface area (Å²) in [6.07, 6.45) is 0. The van der Waals surface area contributed by atoms with Crippen molar-refractivity contribution in [2.24, 2.45) is 0 Å². The summed E-state index contributed by atoms with van der Waals surface area (Å²) in [4.78, 5) is 12.8. The molecule has 0 unspecified atom stereocenters. The lowest BCUT2D eigenvalue weighted by Crippen LogP contribution is -2.35. The van der Waals surface area contributed by atoms with Crippen molar-refractivity contribution in [1.82, 2.24) is 10.2 Å². The number of nitrogens with zero attached hydrogens (tertiary/aromatic N) is 1. The molecule has 1 amide bonds. The van der Waals surface area contributed by atoms with Crippen molar-refractivity contribution in [3.63, 3.8) is 0 Å². The lowest BCUT2D eigenvalue weighted by molar-refractivity contribution is -0.128. The molecular formula is C9H16N2O. The molecule has 0 spiro atoms. The molecule has 0 rings (SSSR count). The van der Waals surface area contributed by atoms with Gasteiger partial charge in [0.05, 0.1) is 6.54 Å². The minimum Gasteiger partial charge on any atom is -0.340 e. The maximum Gasteiger partial charge on any atom is 0.236 e. The van der Waals surface area contributed by atoms with E-state index in [2.05, 4.69) is 17.6 Å². The van der Waals surface area contributed by atoms with Crippen LogP contribution in [0.4, 0.5) is 0 Å². The largest absolute Gasteiger partial charge is 0.340 e. The van der Waals surface area contributed by atoms with E-state index in [1.807, 2.05) is 6.92 Å². The molecule has 0 aliphatic heterocycles. The van der Waals surface area contributed by atoms with Crippen molar-refractivity contribution < 1.29 is 4.79 Å².